The fourth-order valence-electron chi connectivity index (χ4n) is 3.36. The summed E-state index contributed by atoms with van der Waals surface area (Å²) in [6.45, 7) is 0. The summed E-state index contributed by atoms with van der Waals surface area (Å²) in [5, 5.41) is 18.8. The Balaban J connectivity index is 1.29. The summed E-state index contributed by atoms with van der Waals surface area (Å²) in [4.78, 5) is 40.5. The molecule has 194 valence electrons. The lowest BCUT2D eigenvalue weighted by Crippen LogP contribution is -2.13. The number of hydrogen-bond donors (Lipinski definition) is 2. The SMILES string of the molecule is COc1ccc(-c2csc(NC(=O)CSc3ccc(NC(=O)c4cccc([N+](=O)[O-])c4)cc3)n2)cc1OC. The number of aromatic nitrogens is 1. The Kier molecular flexibility index (Phi) is 8.56. The number of hydrogen-bond acceptors (Lipinski definition) is 9. The number of non-ortho nitro benzene ring substituents is 1. The van der Waals surface area contributed by atoms with E-state index in [1.54, 1.807) is 44.6 Å². The molecule has 0 aliphatic heterocycles. The molecule has 3 aromatic carbocycles. The van der Waals surface area contributed by atoms with Crippen LogP contribution in [0.2, 0.25) is 0 Å². The van der Waals surface area contributed by atoms with Crippen LogP contribution in [0.3, 0.4) is 0 Å². The number of rotatable bonds is 10. The molecule has 12 heteroatoms. The molecule has 1 heterocycles. The number of anilines is 2. The van der Waals surface area contributed by atoms with Crippen molar-refractivity contribution in [1.29, 1.82) is 0 Å². The van der Waals surface area contributed by atoms with Crippen LogP contribution in [0.1, 0.15) is 10.4 Å². The molecule has 1 aromatic heterocycles. The van der Waals surface area contributed by atoms with E-state index in [1.165, 1.54) is 47.4 Å². The minimum absolute atomic E-state index is 0.155. The number of nitrogens with one attached hydrogen (secondary N) is 2. The number of nitro benzene ring substituents is 1. The van der Waals surface area contributed by atoms with E-state index in [1.807, 2.05) is 17.5 Å². The largest absolute Gasteiger partial charge is 0.493 e. The Hall–Kier alpha value is -4.42. The Morgan fingerprint density at radius 2 is 1.76 bits per heavy atom. The maximum Gasteiger partial charge on any atom is 0.270 e. The molecule has 0 atom stereocenters. The minimum Gasteiger partial charge on any atom is -0.493 e. The molecule has 10 nitrogen and oxygen atoms in total. The van der Waals surface area contributed by atoms with Crippen LogP contribution < -0.4 is 20.1 Å². The molecule has 0 aliphatic carbocycles. The number of carbonyl (C=O) groups excluding carboxylic acids is 2. The highest BCUT2D eigenvalue weighted by atomic mass is 32.2. The van der Waals surface area contributed by atoms with Crippen molar-refractivity contribution in [2.75, 3.05) is 30.6 Å². The van der Waals surface area contributed by atoms with Crippen LogP contribution in [0.4, 0.5) is 16.5 Å². The monoisotopic (exact) mass is 550 g/mol. The first kappa shape index (κ1) is 26.6. The number of methoxy groups -OCH3 is 2. The molecule has 4 rings (SSSR count). The van der Waals surface area contributed by atoms with Crippen molar-refractivity contribution in [2.45, 2.75) is 4.90 Å². The molecule has 0 spiro atoms. The molecule has 2 N–H and O–H groups in total. The van der Waals surface area contributed by atoms with Gasteiger partial charge in [-0.05, 0) is 48.5 Å². The van der Waals surface area contributed by atoms with Gasteiger partial charge in [0.15, 0.2) is 16.6 Å². The van der Waals surface area contributed by atoms with Gasteiger partial charge in [-0.1, -0.05) is 6.07 Å². The summed E-state index contributed by atoms with van der Waals surface area (Å²) in [5.74, 6) is 0.727. The highest BCUT2D eigenvalue weighted by Crippen LogP contribution is 2.33. The van der Waals surface area contributed by atoms with E-state index in [0.717, 1.165) is 10.5 Å². The average molecular weight is 551 g/mol. The van der Waals surface area contributed by atoms with Crippen LogP contribution >= 0.6 is 23.1 Å². The van der Waals surface area contributed by atoms with E-state index in [0.29, 0.717) is 28.0 Å². The van der Waals surface area contributed by atoms with E-state index in [2.05, 4.69) is 15.6 Å². The van der Waals surface area contributed by atoms with Crippen molar-refractivity contribution < 1.29 is 24.0 Å². The van der Waals surface area contributed by atoms with Gasteiger partial charge in [0.2, 0.25) is 5.91 Å². The quantitative estimate of drug-likeness (QED) is 0.146. The summed E-state index contributed by atoms with van der Waals surface area (Å²) in [5.41, 5.74) is 2.11. The number of nitro groups is 1. The standard InChI is InChI=1S/C26H22N4O6S2/c1-35-22-11-6-16(13-23(22)36-2)21-14-38-26(28-21)29-24(31)15-37-20-9-7-18(8-10-20)27-25(32)17-4-3-5-19(12-17)30(33)34/h3-14H,15H2,1-2H3,(H,27,32)(H,28,29,31). The lowest BCUT2D eigenvalue weighted by Gasteiger charge is -2.08. The van der Waals surface area contributed by atoms with E-state index in [4.69, 9.17) is 9.47 Å². The van der Waals surface area contributed by atoms with Crippen molar-refractivity contribution >= 4 is 51.4 Å². The van der Waals surface area contributed by atoms with Gasteiger partial charge in [-0.2, -0.15) is 0 Å². The Morgan fingerprint density at radius 1 is 1.00 bits per heavy atom. The smallest absolute Gasteiger partial charge is 0.270 e. The molecule has 4 aromatic rings. The first-order valence-electron chi connectivity index (χ1n) is 11.1. The van der Waals surface area contributed by atoms with Gasteiger partial charge in [-0.3, -0.25) is 19.7 Å². The van der Waals surface area contributed by atoms with Gasteiger partial charge in [-0.15, -0.1) is 23.1 Å². The van der Waals surface area contributed by atoms with Gasteiger partial charge in [0, 0.05) is 39.2 Å². The summed E-state index contributed by atoms with van der Waals surface area (Å²) < 4.78 is 10.6. The first-order chi connectivity index (χ1) is 18.4. The summed E-state index contributed by atoms with van der Waals surface area (Å²) in [7, 11) is 3.14. The normalized spacial score (nSPS) is 10.5. The van der Waals surface area contributed by atoms with Gasteiger partial charge in [0.05, 0.1) is 30.6 Å². The van der Waals surface area contributed by atoms with E-state index >= 15 is 0 Å². The van der Waals surface area contributed by atoms with Crippen LogP contribution in [-0.4, -0.2) is 41.7 Å². The maximum atomic E-state index is 12.5. The van der Waals surface area contributed by atoms with E-state index < -0.39 is 10.8 Å². The number of nitrogens with zero attached hydrogens (tertiary/aromatic N) is 2. The third-order valence-electron chi connectivity index (χ3n) is 5.23. The molecule has 0 saturated carbocycles. The number of thioether (sulfide) groups is 1. The predicted molar refractivity (Wildman–Crippen MR) is 147 cm³/mol. The maximum absolute atomic E-state index is 12.5. The number of thiazole rings is 1. The average Bonchev–Trinajstić information content (AvgIpc) is 3.40. The predicted octanol–water partition coefficient (Wildman–Crippen LogP) is 5.72. The molecular weight excluding hydrogens is 528 g/mol. The molecule has 0 saturated heterocycles. The van der Waals surface area contributed by atoms with Crippen molar-refractivity contribution in [2.24, 2.45) is 0 Å². The summed E-state index contributed by atoms with van der Waals surface area (Å²) in [6.07, 6.45) is 0. The molecule has 0 unspecified atom stereocenters. The van der Waals surface area contributed by atoms with Gasteiger partial charge in [-0.25, -0.2) is 4.98 Å². The lowest BCUT2D eigenvalue weighted by molar-refractivity contribution is -0.384. The molecular formula is C26H22N4O6S2. The number of benzene rings is 3. The second kappa shape index (κ2) is 12.2. The molecule has 38 heavy (non-hydrogen) atoms. The van der Waals surface area contributed by atoms with Crippen molar-refractivity contribution in [1.82, 2.24) is 4.98 Å². The van der Waals surface area contributed by atoms with Gasteiger partial charge in [0.25, 0.3) is 11.6 Å². The van der Waals surface area contributed by atoms with Crippen LogP contribution in [0.5, 0.6) is 11.5 Å². The second-order valence-electron chi connectivity index (χ2n) is 7.73. The number of carbonyl (C=O) groups is 2. The fourth-order valence-corrected chi connectivity index (χ4v) is 4.80. The molecule has 0 aliphatic rings. The third kappa shape index (κ3) is 6.66. The molecule has 0 fully saturated rings. The Bertz CT molecular complexity index is 1470. The van der Waals surface area contributed by atoms with Crippen LogP contribution in [0.25, 0.3) is 11.3 Å². The summed E-state index contributed by atoms with van der Waals surface area (Å²) in [6, 6.07) is 18.0. The van der Waals surface area contributed by atoms with Crippen LogP contribution in [0, 0.1) is 10.1 Å². The zero-order chi connectivity index (χ0) is 27.1. The molecule has 2 amide bonds. The van der Waals surface area contributed by atoms with E-state index in [9.17, 15) is 19.7 Å². The molecule has 0 radical (unpaired) electrons. The third-order valence-corrected chi connectivity index (χ3v) is 7.00. The van der Waals surface area contributed by atoms with Crippen LogP contribution in [-0.2, 0) is 4.79 Å². The zero-order valence-corrected chi connectivity index (χ0v) is 21.9. The lowest BCUT2D eigenvalue weighted by atomic mass is 10.1. The highest BCUT2D eigenvalue weighted by Gasteiger charge is 2.13. The van der Waals surface area contributed by atoms with Gasteiger partial charge >= 0.3 is 0 Å². The number of ether oxygens (including phenoxy) is 2. The topological polar surface area (TPSA) is 133 Å². The highest BCUT2D eigenvalue weighted by molar-refractivity contribution is 8.00. The number of amides is 2. The Morgan fingerprint density at radius 3 is 2.47 bits per heavy atom. The first-order valence-corrected chi connectivity index (χ1v) is 13.0. The van der Waals surface area contributed by atoms with Gasteiger partial charge in [0.1, 0.15) is 0 Å². The Labute approximate surface area is 226 Å². The molecule has 0 bridgehead atoms. The van der Waals surface area contributed by atoms with Crippen molar-refractivity contribution in [3.05, 3.63) is 87.8 Å². The van der Waals surface area contributed by atoms with Gasteiger partial charge < -0.3 is 20.1 Å². The summed E-state index contributed by atoms with van der Waals surface area (Å²) >= 11 is 2.66. The van der Waals surface area contributed by atoms with Crippen LogP contribution in [0.15, 0.2) is 77.0 Å². The minimum atomic E-state index is -0.551. The van der Waals surface area contributed by atoms with E-state index in [-0.39, 0.29) is 22.9 Å². The van der Waals surface area contributed by atoms with Crippen molar-refractivity contribution in [3.8, 4) is 22.8 Å². The zero-order valence-electron chi connectivity index (χ0n) is 20.3. The fraction of sp³-hybridized carbons (Fsp3) is 0.115. The second-order valence-corrected chi connectivity index (χ2v) is 9.64. The van der Waals surface area contributed by atoms with Crippen molar-refractivity contribution in [3.63, 3.8) is 0 Å².